The highest BCUT2D eigenvalue weighted by atomic mass is 16.5. The fraction of sp³-hybridized carbons (Fsp3) is 0.357. The molecule has 0 fully saturated rings. The van der Waals surface area contributed by atoms with E-state index in [-0.39, 0.29) is 5.75 Å². The van der Waals surface area contributed by atoms with Crippen molar-refractivity contribution in [1.82, 2.24) is 9.55 Å². The van der Waals surface area contributed by atoms with Gasteiger partial charge in [0.1, 0.15) is 23.9 Å². The first-order valence-electron chi connectivity index (χ1n) is 6.02. The van der Waals surface area contributed by atoms with Gasteiger partial charge >= 0.3 is 0 Å². The van der Waals surface area contributed by atoms with Gasteiger partial charge in [-0.3, -0.25) is 0 Å². The van der Waals surface area contributed by atoms with Crippen LogP contribution in [0, 0.1) is 6.92 Å². The zero-order chi connectivity index (χ0) is 13.1. The quantitative estimate of drug-likeness (QED) is 0.901. The summed E-state index contributed by atoms with van der Waals surface area (Å²) in [6.07, 6.45) is 2.01. The van der Waals surface area contributed by atoms with Crippen LogP contribution in [0.2, 0.25) is 0 Å². The van der Waals surface area contributed by atoms with Gasteiger partial charge in [0.15, 0.2) is 0 Å². The summed E-state index contributed by atoms with van der Waals surface area (Å²) in [7, 11) is 0. The Morgan fingerprint density at radius 2 is 1.94 bits per heavy atom. The van der Waals surface area contributed by atoms with Crippen molar-refractivity contribution in [2.24, 2.45) is 0 Å². The van der Waals surface area contributed by atoms with Crippen LogP contribution in [0.15, 0.2) is 30.5 Å². The molecule has 1 heterocycles. The predicted molar refractivity (Wildman–Crippen MR) is 69.8 cm³/mol. The first-order chi connectivity index (χ1) is 8.56. The van der Waals surface area contributed by atoms with E-state index >= 15 is 0 Å². The molecular formula is C14H18N2O2. The van der Waals surface area contributed by atoms with Gasteiger partial charge < -0.3 is 14.4 Å². The minimum Gasteiger partial charge on any atom is -0.508 e. The third kappa shape index (κ3) is 2.83. The lowest BCUT2D eigenvalue weighted by Gasteiger charge is -2.07. The third-order valence-electron chi connectivity index (χ3n) is 2.75. The Morgan fingerprint density at radius 3 is 2.50 bits per heavy atom. The molecule has 1 aromatic carbocycles. The number of imidazole rings is 1. The largest absolute Gasteiger partial charge is 0.508 e. The number of aryl methyl sites for hydroxylation is 1. The van der Waals surface area contributed by atoms with Crippen molar-refractivity contribution < 1.29 is 9.84 Å². The minimum atomic E-state index is 0.238. The minimum absolute atomic E-state index is 0.238. The second-order valence-electron chi connectivity index (χ2n) is 4.56. The van der Waals surface area contributed by atoms with Gasteiger partial charge in [0, 0.05) is 12.2 Å². The summed E-state index contributed by atoms with van der Waals surface area (Å²) in [4.78, 5) is 4.45. The van der Waals surface area contributed by atoms with E-state index in [2.05, 4.69) is 23.4 Å². The van der Waals surface area contributed by atoms with Gasteiger partial charge in [0.05, 0.1) is 5.69 Å². The number of nitrogens with zero attached hydrogens (tertiary/aromatic N) is 2. The smallest absolute Gasteiger partial charge is 0.132 e. The average molecular weight is 246 g/mol. The number of phenols is 1. The zero-order valence-electron chi connectivity index (χ0n) is 10.9. The molecule has 4 nitrogen and oxygen atoms in total. The van der Waals surface area contributed by atoms with Gasteiger partial charge in [-0.25, -0.2) is 4.98 Å². The van der Waals surface area contributed by atoms with Gasteiger partial charge in [-0.15, -0.1) is 0 Å². The second kappa shape index (κ2) is 5.12. The number of ether oxygens (including phenoxy) is 1. The Balaban J connectivity index is 2.02. The van der Waals surface area contributed by atoms with Crippen molar-refractivity contribution in [3.63, 3.8) is 0 Å². The summed E-state index contributed by atoms with van der Waals surface area (Å²) in [5.74, 6) is 1.96. The molecule has 0 radical (unpaired) electrons. The molecule has 0 atom stereocenters. The van der Waals surface area contributed by atoms with Crippen LogP contribution in [0.4, 0.5) is 0 Å². The average Bonchev–Trinajstić information content (AvgIpc) is 2.70. The molecule has 96 valence electrons. The summed E-state index contributed by atoms with van der Waals surface area (Å²) in [5.41, 5.74) is 0.911. The number of benzene rings is 1. The van der Waals surface area contributed by atoms with Crippen LogP contribution in [-0.2, 0) is 6.61 Å². The standard InChI is InChI=1S/C14H18N2O2/c1-10(2)16-8-12(15-11(16)3)9-18-14-6-4-13(17)5-7-14/h4-8,10,17H,9H2,1-3H3. The number of rotatable bonds is 4. The molecule has 0 bridgehead atoms. The van der Waals surface area contributed by atoms with Crippen LogP contribution in [0.3, 0.4) is 0 Å². The van der Waals surface area contributed by atoms with E-state index in [1.54, 1.807) is 24.3 Å². The van der Waals surface area contributed by atoms with Crippen LogP contribution in [-0.4, -0.2) is 14.7 Å². The topological polar surface area (TPSA) is 47.3 Å². The van der Waals surface area contributed by atoms with E-state index in [4.69, 9.17) is 4.74 Å². The Labute approximate surface area is 107 Å². The Morgan fingerprint density at radius 1 is 1.28 bits per heavy atom. The van der Waals surface area contributed by atoms with E-state index in [0.29, 0.717) is 12.6 Å². The van der Waals surface area contributed by atoms with Crippen LogP contribution in [0.5, 0.6) is 11.5 Å². The lowest BCUT2D eigenvalue weighted by molar-refractivity contribution is 0.301. The van der Waals surface area contributed by atoms with E-state index in [0.717, 1.165) is 17.3 Å². The molecule has 0 spiro atoms. The van der Waals surface area contributed by atoms with Crippen molar-refractivity contribution in [3.8, 4) is 11.5 Å². The molecule has 2 rings (SSSR count). The molecule has 2 aromatic rings. The number of hydrogen-bond donors (Lipinski definition) is 1. The summed E-state index contributed by atoms with van der Waals surface area (Å²) < 4.78 is 7.73. The normalized spacial score (nSPS) is 10.9. The van der Waals surface area contributed by atoms with E-state index < -0.39 is 0 Å². The van der Waals surface area contributed by atoms with Crippen molar-refractivity contribution in [2.75, 3.05) is 0 Å². The van der Waals surface area contributed by atoms with Crippen LogP contribution < -0.4 is 4.74 Å². The summed E-state index contributed by atoms with van der Waals surface area (Å²) in [6, 6.07) is 7.09. The molecular weight excluding hydrogens is 228 g/mol. The van der Waals surface area contributed by atoms with Gasteiger partial charge in [-0.2, -0.15) is 0 Å². The Kier molecular flexibility index (Phi) is 3.55. The lowest BCUT2D eigenvalue weighted by Crippen LogP contribution is -2.00. The van der Waals surface area contributed by atoms with Crippen molar-refractivity contribution >= 4 is 0 Å². The zero-order valence-corrected chi connectivity index (χ0v) is 10.9. The van der Waals surface area contributed by atoms with Crippen LogP contribution in [0.25, 0.3) is 0 Å². The molecule has 0 aliphatic heterocycles. The maximum atomic E-state index is 9.17. The molecule has 0 aliphatic rings. The number of aromatic nitrogens is 2. The fourth-order valence-corrected chi connectivity index (χ4v) is 1.84. The van der Waals surface area contributed by atoms with Gasteiger partial charge in [0.2, 0.25) is 0 Å². The highest BCUT2D eigenvalue weighted by Crippen LogP contribution is 2.17. The predicted octanol–water partition coefficient (Wildman–Crippen LogP) is 3.06. The monoisotopic (exact) mass is 246 g/mol. The maximum Gasteiger partial charge on any atom is 0.132 e. The summed E-state index contributed by atoms with van der Waals surface area (Å²) in [6.45, 7) is 6.67. The Hall–Kier alpha value is -1.97. The molecule has 1 aromatic heterocycles. The molecule has 18 heavy (non-hydrogen) atoms. The maximum absolute atomic E-state index is 9.17. The van der Waals surface area contributed by atoms with Crippen LogP contribution >= 0.6 is 0 Å². The molecule has 0 aliphatic carbocycles. The van der Waals surface area contributed by atoms with E-state index in [9.17, 15) is 5.11 Å². The van der Waals surface area contributed by atoms with Crippen molar-refractivity contribution in [1.29, 1.82) is 0 Å². The van der Waals surface area contributed by atoms with Gasteiger partial charge in [-0.1, -0.05) is 0 Å². The van der Waals surface area contributed by atoms with E-state index in [1.165, 1.54) is 0 Å². The van der Waals surface area contributed by atoms with Crippen molar-refractivity contribution in [3.05, 3.63) is 42.0 Å². The molecule has 4 heteroatoms. The van der Waals surface area contributed by atoms with Crippen LogP contribution in [0.1, 0.15) is 31.4 Å². The molecule has 1 N–H and O–H groups in total. The summed E-state index contributed by atoms with van der Waals surface area (Å²) >= 11 is 0. The number of aromatic hydroxyl groups is 1. The second-order valence-corrected chi connectivity index (χ2v) is 4.56. The number of hydrogen-bond acceptors (Lipinski definition) is 3. The third-order valence-corrected chi connectivity index (χ3v) is 2.75. The molecule has 0 unspecified atom stereocenters. The fourth-order valence-electron chi connectivity index (χ4n) is 1.84. The van der Waals surface area contributed by atoms with E-state index in [1.807, 2.05) is 13.1 Å². The highest BCUT2D eigenvalue weighted by Gasteiger charge is 2.07. The first-order valence-corrected chi connectivity index (χ1v) is 6.02. The van der Waals surface area contributed by atoms with Gasteiger partial charge in [0.25, 0.3) is 0 Å². The van der Waals surface area contributed by atoms with Gasteiger partial charge in [-0.05, 0) is 45.0 Å². The number of phenolic OH excluding ortho intramolecular Hbond substituents is 1. The Bertz CT molecular complexity index is 515. The highest BCUT2D eigenvalue weighted by molar-refractivity contribution is 5.30. The lowest BCUT2D eigenvalue weighted by atomic mass is 10.3. The SMILES string of the molecule is Cc1nc(COc2ccc(O)cc2)cn1C(C)C. The molecule has 0 saturated carbocycles. The van der Waals surface area contributed by atoms with Crippen molar-refractivity contribution in [2.45, 2.75) is 33.4 Å². The first kappa shape index (κ1) is 12.5. The molecule has 0 amide bonds. The molecule has 0 saturated heterocycles. The summed E-state index contributed by atoms with van der Waals surface area (Å²) in [5, 5.41) is 9.17.